The fourth-order valence-electron chi connectivity index (χ4n) is 2.30. The van der Waals surface area contributed by atoms with Gasteiger partial charge in [-0.25, -0.2) is 0 Å². The maximum atomic E-state index is 11.8. The molecule has 5 heteroatoms. The average Bonchev–Trinajstić information content (AvgIpc) is 2.73. The molecule has 3 N–H and O–H groups in total. The van der Waals surface area contributed by atoms with Crippen LogP contribution in [0.2, 0.25) is 0 Å². The number of anilines is 1. The van der Waals surface area contributed by atoms with Gasteiger partial charge in [0.15, 0.2) is 5.69 Å². The number of rotatable bonds is 3. The van der Waals surface area contributed by atoms with Gasteiger partial charge in [-0.2, -0.15) is 0 Å². The van der Waals surface area contributed by atoms with Gasteiger partial charge in [-0.1, -0.05) is 19.8 Å². The quantitative estimate of drug-likeness (QED) is 0.824. The zero-order valence-electron chi connectivity index (χ0n) is 10.0. The molecule has 1 heterocycles. The molecule has 1 aliphatic carbocycles. The molecule has 1 aromatic rings. The first-order chi connectivity index (χ1) is 8.16. The summed E-state index contributed by atoms with van der Waals surface area (Å²) >= 11 is 0. The Bertz CT molecular complexity index is 390. The molecule has 1 saturated carbocycles. The van der Waals surface area contributed by atoms with Gasteiger partial charge in [0.05, 0.1) is 0 Å². The fourth-order valence-corrected chi connectivity index (χ4v) is 2.30. The molecule has 2 unspecified atom stereocenters. The van der Waals surface area contributed by atoms with Crippen molar-refractivity contribution in [1.82, 2.24) is 15.5 Å². The molecule has 0 aliphatic heterocycles. The number of amides is 1. The lowest BCUT2D eigenvalue weighted by molar-refractivity contribution is 0.0938. The molecule has 1 fully saturated rings. The van der Waals surface area contributed by atoms with Crippen LogP contribution in [0.15, 0.2) is 12.1 Å². The molecule has 92 valence electrons. The third kappa shape index (κ3) is 2.93. The number of carbonyl (C=O) groups excluding carboxylic acids is 1. The van der Waals surface area contributed by atoms with Gasteiger partial charge in [-0.05, 0) is 30.4 Å². The van der Waals surface area contributed by atoms with Gasteiger partial charge in [0, 0.05) is 6.54 Å². The second kappa shape index (κ2) is 5.12. The SMILES string of the molecule is CC1CCCC1CNC(=O)c1ccc(N)nn1. The molecule has 1 amide bonds. The summed E-state index contributed by atoms with van der Waals surface area (Å²) in [5, 5.41) is 10.3. The van der Waals surface area contributed by atoms with E-state index in [4.69, 9.17) is 5.73 Å². The van der Waals surface area contributed by atoms with E-state index >= 15 is 0 Å². The molecular formula is C12H18N4O. The number of carbonyl (C=O) groups is 1. The largest absolute Gasteiger partial charge is 0.382 e. The first-order valence-corrected chi connectivity index (χ1v) is 6.04. The zero-order chi connectivity index (χ0) is 12.3. The van der Waals surface area contributed by atoms with Crippen LogP contribution in [0.3, 0.4) is 0 Å². The van der Waals surface area contributed by atoms with Gasteiger partial charge in [0.2, 0.25) is 0 Å². The molecule has 0 saturated heterocycles. The summed E-state index contributed by atoms with van der Waals surface area (Å²) in [6.45, 7) is 2.97. The molecule has 1 aromatic heterocycles. The summed E-state index contributed by atoms with van der Waals surface area (Å²) in [6, 6.07) is 3.18. The highest BCUT2D eigenvalue weighted by molar-refractivity contribution is 5.92. The van der Waals surface area contributed by atoms with Crippen LogP contribution in [0, 0.1) is 11.8 Å². The minimum Gasteiger partial charge on any atom is -0.382 e. The van der Waals surface area contributed by atoms with Crippen molar-refractivity contribution in [2.45, 2.75) is 26.2 Å². The Labute approximate surface area is 101 Å². The van der Waals surface area contributed by atoms with Crippen LogP contribution in [-0.4, -0.2) is 22.6 Å². The summed E-state index contributed by atoms with van der Waals surface area (Å²) in [4.78, 5) is 11.8. The highest BCUT2D eigenvalue weighted by atomic mass is 16.1. The van der Waals surface area contributed by atoms with Gasteiger partial charge in [0.1, 0.15) is 5.82 Å². The van der Waals surface area contributed by atoms with Gasteiger partial charge in [-0.3, -0.25) is 4.79 Å². The van der Waals surface area contributed by atoms with Crippen molar-refractivity contribution < 1.29 is 4.79 Å². The van der Waals surface area contributed by atoms with Crippen LogP contribution in [0.25, 0.3) is 0 Å². The third-order valence-corrected chi connectivity index (χ3v) is 3.48. The van der Waals surface area contributed by atoms with E-state index in [9.17, 15) is 4.79 Å². The number of nitrogens with one attached hydrogen (secondary N) is 1. The van der Waals surface area contributed by atoms with Gasteiger partial charge in [0.25, 0.3) is 5.91 Å². The highest BCUT2D eigenvalue weighted by Gasteiger charge is 2.23. The first-order valence-electron chi connectivity index (χ1n) is 6.04. The van der Waals surface area contributed by atoms with E-state index in [0.29, 0.717) is 23.3 Å². The Morgan fingerprint density at radius 2 is 2.29 bits per heavy atom. The van der Waals surface area contributed by atoms with Crippen molar-refractivity contribution in [3.63, 3.8) is 0 Å². The summed E-state index contributed by atoms with van der Waals surface area (Å²) < 4.78 is 0. The number of nitrogens with zero attached hydrogens (tertiary/aromatic N) is 2. The molecule has 17 heavy (non-hydrogen) atoms. The van der Waals surface area contributed by atoms with Crippen molar-refractivity contribution in [2.24, 2.45) is 11.8 Å². The maximum Gasteiger partial charge on any atom is 0.271 e. The normalized spacial score (nSPS) is 23.6. The molecule has 5 nitrogen and oxygen atoms in total. The van der Waals surface area contributed by atoms with Crippen molar-refractivity contribution in [2.75, 3.05) is 12.3 Å². The number of nitrogen functional groups attached to an aromatic ring is 1. The van der Waals surface area contributed by atoms with Crippen molar-refractivity contribution in [1.29, 1.82) is 0 Å². The molecular weight excluding hydrogens is 216 g/mol. The predicted octanol–water partition coefficient (Wildman–Crippen LogP) is 1.22. The summed E-state index contributed by atoms with van der Waals surface area (Å²) in [6.07, 6.45) is 3.74. The Hall–Kier alpha value is -1.65. The number of hydrogen-bond acceptors (Lipinski definition) is 4. The number of nitrogens with two attached hydrogens (primary N) is 1. The molecule has 2 atom stereocenters. The average molecular weight is 234 g/mol. The van der Waals surface area contributed by atoms with Crippen LogP contribution >= 0.6 is 0 Å². The summed E-state index contributed by atoms with van der Waals surface area (Å²) in [5.74, 6) is 1.45. The van der Waals surface area contributed by atoms with Crippen LogP contribution in [-0.2, 0) is 0 Å². The van der Waals surface area contributed by atoms with Crippen molar-refractivity contribution >= 4 is 11.7 Å². The van der Waals surface area contributed by atoms with Crippen LogP contribution in [0.1, 0.15) is 36.7 Å². The van der Waals surface area contributed by atoms with E-state index in [2.05, 4.69) is 22.4 Å². The number of hydrogen-bond donors (Lipinski definition) is 2. The van der Waals surface area contributed by atoms with Gasteiger partial charge >= 0.3 is 0 Å². The monoisotopic (exact) mass is 234 g/mol. The lowest BCUT2D eigenvalue weighted by atomic mass is 9.98. The zero-order valence-corrected chi connectivity index (χ0v) is 10.0. The molecule has 0 radical (unpaired) electrons. The van der Waals surface area contributed by atoms with Crippen LogP contribution in [0.5, 0.6) is 0 Å². The molecule has 0 aromatic carbocycles. The fraction of sp³-hybridized carbons (Fsp3) is 0.583. The minimum absolute atomic E-state index is 0.170. The highest BCUT2D eigenvalue weighted by Crippen LogP contribution is 2.30. The van der Waals surface area contributed by atoms with E-state index in [1.54, 1.807) is 12.1 Å². The topological polar surface area (TPSA) is 80.9 Å². The van der Waals surface area contributed by atoms with Gasteiger partial charge < -0.3 is 11.1 Å². The maximum absolute atomic E-state index is 11.8. The molecule has 0 spiro atoms. The van der Waals surface area contributed by atoms with Crippen LogP contribution < -0.4 is 11.1 Å². The molecule has 1 aliphatic rings. The van der Waals surface area contributed by atoms with E-state index in [1.807, 2.05) is 0 Å². The Balaban J connectivity index is 1.87. The smallest absolute Gasteiger partial charge is 0.271 e. The van der Waals surface area contributed by atoms with E-state index < -0.39 is 0 Å². The summed E-state index contributed by atoms with van der Waals surface area (Å²) in [5.41, 5.74) is 5.74. The van der Waals surface area contributed by atoms with E-state index in [1.165, 1.54) is 19.3 Å². The molecule has 2 rings (SSSR count). The third-order valence-electron chi connectivity index (χ3n) is 3.48. The van der Waals surface area contributed by atoms with Crippen molar-refractivity contribution in [3.05, 3.63) is 17.8 Å². The second-order valence-electron chi connectivity index (χ2n) is 4.72. The lowest BCUT2D eigenvalue weighted by Gasteiger charge is -2.15. The number of aromatic nitrogens is 2. The Morgan fingerprint density at radius 3 is 2.88 bits per heavy atom. The van der Waals surface area contributed by atoms with E-state index in [-0.39, 0.29) is 5.91 Å². The standard InChI is InChI=1S/C12H18N4O/c1-8-3-2-4-9(8)7-14-12(17)10-5-6-11(13)16-15-10/h5-6,8-9H,2-4,7H2,1H3,(H2,13,16)(H,14,17). The predicted molar refractivity (Wildman–Crippen MR) is 65.3 cm³/mol. The Morgan fingerprint density at radius 1 is 1.47 bits per heavy atom. The molecule has 0 bridgehead atoms. The first kappa shape index (κ1) is 11.8. The second-order valence-corrected chi connectivity index (χ2v) is 4.72. The van der Waals surface area contributed by atoms with Gasteiger partial charge in [-0.15, -0.1) is 10.2 Å². The van der Waals surface area contributed by atoms with Crippen molar-refractivity contribution in [3.8, 4) is 0 Å². The summed E-state index contributed by atoms with van der Waals surface area (Å²) in [7, 11) is 0. The van der Waals surface area contributed by atoms with E-state index in [0.717, 1.165) is 6.54 Å². The Kier molecular flexibility index (Phi) is 3.56. The lowest BCUT2D eigenvalue weighted by Crippen LogP contribution is -2.31. The minimum atomic E-state index is -0.170. The van der Waals surface area contributed by atoms with Crippen LogP contribution in [0.4, 0.5) is 5.82 Å².